The van der Waals surface area contributed by atoms with E-state index in [1.807, 2.05) is 6.07 Å². The Labute approximate surface area is 182 Å². The van der Waals surface area contributed by atoms with Gasteiger partial charge < -0.3 is 15.4 Å². The highest BCUT2D eigenvalue weighted by molar-refractivity contribution is 7.88. The fourth-order valence-corrected chi connectivity index (χ4v) is 4.06. The third-order valence-corrected chi connectivity index (χ3v) is 6.15. The van der Waals surface area contributed by atoms with E-state index in [-0.39, 0.29) is 25.1 Å². The molecule has 0 unspecified atom stereocenters. The molecular formula is C22H27N3O5S. The summed E-state index contributed by atoms with van der Waals surface area (Å²) in [5.74, 6) is -0.851. The van der Waals surface area contributed by atoms with Gasteiger partial charge in [-0.25, -0.2) is 8.42 Å². The Balaban J connectivity index is 1.65. The molecule has 2 amide bonds. The molecule has 0 saturated carbocycles. The van der Waals surface area contributed by atoms with Gasteiger partial charge in [0.25, 0.3) is 5.91 Å². The van der Waals surface area contributed by atoms with Crippen molar-refractivity contribution < 1.29 is 22.7 Å². The van der Waals surface area contributed by atoms with E-state index in [0.29, 0.717) is 24.4 Å². The highest BCUT2D eigenvalue weighted by atomic mass is 32.2. The normalized spacial score (nSPS) is 16.3. The number of sulfonamides is 1. The third-order valence-electron chi connectivity index (χ3n) is 4.95. The number of hydrogen-bond acceptors (Lipinski definition) is 5. The van der Waals surface area contributed by atoms with Crippen molar-refractivity contribution in [2.45, 2.75) is 25.5 Å². The second kappa shape index (κ2) is 10.5. The Morgan fingerprint density at radius 1 is 1.10 bits per heavy atom. The maximum Gasteiger partial charge on any atom is 0.253 e. The summed E-state index contributed by atoms with van der Waals surface area (Å²) in [6.07, 6.45) is 2.96. The Hall–Kier alpha value is -2.75. The third kappa shape index (κ3) is 6.88. The summed E-state index contributed by atoms with van der Waals surface area (Å²) in [4.78, 5) is 25.2. The fraction of sp³-hybridized carbons (Fsp3) is 0.364. The van der Waals surface area contributed by atoms with Crippen LogP contribution in [0.15, 0.2) is 54.6 Å². The van der Waals surface area contributed by atoms with E-state index in [0.717, 1.165) is 29.0 Å². The van der Waals surface area contributed by atoms with Gasteiger partial charge in [-0.05, 0) is 30.5 Å². The molecule has 166 valence electrons. The zero-order valence-electron chi connectivity index (χ0n) is 17.4. The fourth-order valence-electron chi connectivity index (χ4n) is 3.32. The largest absolute Gasteiger partial charge is 0.376 e. The predicted octanol–water partition coefficient (Wildman–Crippen LogP) is 2.00. The Bertz CT molecular complexity index is 1000. The lowest BCUT2D eigenvalue weighted by atomic mass is 10.1. The number of carbonyl (C=O) groups excluding carboxylic acids is 2. The number of carbonyl (C=O) groups is 2. The minimum absolute atomic E-state index is 0.00649. The highest BCUT2D eigenvalue weighted by Gasteiger charge is 2.22. The van der Waals surface area contributed by atoms with Crippen molar-refractivity contribution in [2.75, 3.05) is 31.3 Å². The lowest BCUT2D eigenvalue weighted by Crippen LogP contribution is -2.37. The van der Waals surface area contributed by atoms with Crippen LogP contribution in [0.25, 0.3) is 0 Å². The van der Waals surface area contributed by atoms with Crippen molar-refractivity contribution in [2.24, 2.45) is 0 Å². The molecule has 0 aliphatic carbocycles. The molecule has 31 heavy (non-hydrogen) atoms. The van der Waals surface area contributed by atoms with Gasteiger partial charge in [0.05, 0.1) is 30.2 Å². The van der Waals surface area contributed by atoms with Gasteiger partial charge >= 0.3 is 0 Å². The number of rotatable bonds is 9. The van der Waals surface area contributed by atoms with Gasteiger partial charge in [0.15, 0.2) is 0 Å². The molecule has 0 aromatic heterocycles. The van der Waals surface area contributed by atoms with Crippen molar-refractivity contribution in [1.82, 2.24) is 9.62 Å². The van der Waals surface area contributed by atoms with E-state index in [4.69, 9.17) is 4.74 Å². The zero-order chi connectivity index (χ0) is 22.3. The van der Waals surface area contributed by atoms with Gasteiger partial charge in [0, 0.05) is 19.7 Å². The SMILES string of the molecule is CS(=O)(=O)N(CC(=O)Nc1ccccc1C(=O)NC[C@@H]1CCCO1)Cc1ccccc1. The molecule has 1 atom stereocenters. The first-order valence-corrected chi connectivity index (χ1v) is 12.0. The Morgan fingerprint density at radius 2 is 1.81 bits per heavy atom. The van der Waals surface area contributed by atoms with E-state index in [9.17, 15) is 18.0 Å². The predicted molar refractivity (Wildman–Crippen MR) is 118 cm³/mol. The van der Waals surface area contributed by atoms with Crippen LogP contribution in [0.4, 0.5) is 5.69 Å². The summed E-state index contributed by atoms with van der Waals surface area (Å²) in [5, 5.41) is 5.50. The van der Waals surface area contributed by atoms with Crippen LogP contribution in [0.3, 0.4) is 0 Å². The molecule has 1 fully saturated rings. The van der Waals surface area contributed by atoms with Crippen LogP contribution >= 0.6 is 0 Å². The van der Waals surface area contributed by atoms with Crippen LogP contribution in [-0.4, -0.2) is 56.6 Å². The zero-order valence-corrected chi connectivity index (χ0v) is 18.2. The molecule has 3 rings (SSSR count). The summed E-state index contributed by atoms with van der Waals surface area (Å²) in [5.41, 5.74) is 1.41. The molecule has 0 radical (unpaired) electrons. The van der Waals surface area contributed by atoms with Crippen LogP contribution in [0, 0.1) is 0 Å². The molecule has 1 heterocycles. The van der Waals surface area contributed by atoms with Crippen molar-refractivity contribution >= 4 is 27.5 Å². The molecule has 1 aliphatic rings. The maximum absolute atomic E-state index is 12.6. The molecule has 0 bridgehead atoms. The monoisotopic (exact) mass is 445 g/mol. The number of amides is 2. The summed E-state index contributed by atoms with van der Waals surface area (Å²) in [7, 11) is -3.62. The number of hydrogen-bond donors (Lipinski definition) is 2. The van der Waals surface area contributed by atoms with Crippen LogP contribution in [-0.2, 0) is 26.1 Å². The smallest absolute Gasteiger partial charge is 0.253 e. The van der Waals surface area contributed by atoms with E-state index in [1.165, 1.54) is 0 Å². The summed E-state index contributed by atoms with van der Waals surface area (Å²) >= 11 is 0. The quantitative estimate of drug-likeness (QED) is 0.614. The molecule has 0 spiro atoms. The summed E-state index contributed by atoms with van der Waals surface area (Å²) < 4.78 is 31.0. The molecule has 9 heteroatoms. The van der Waals surface area contributed by atoms with E-state index >= 15 is 0 Å². The Kier molecular flexibility index (Phi) is 7.78. The van der Waals surface area contributed by atoms with Crippen LogP contribution in [0.1, 0.15) is 28.8 Å². The van der Waals surface area contributed by atoms with Gasteiger partial charge in [-0.1, -0.05) is 42.5 Å². The Morgan fingerprint density at radius 3 is 2.48 bits per heavy atom. The van der Waals surface area contributed by atoms with Gasteiger partial charge in [-0.2, -0.15) is 4.31 Å². The number of anilines is 1. The van der Waals surface area contributed by atoms with Gasteiger partial charge in [0.2, 0.25) is 15.9 Å². The first-order chi connectivity index (χ1) is 14.8. The minimum Gasteiger partial charge on any atom is -0.376 e. The molecule has 1 saturated heterocycles. The van der Waals surface area contributed by atoms with Crippen molar-refractivity contribution in [3.63, 3.8) is 0 Å². The number of ether oxygens (including phenoxy) is 1. The van der Waals surface area contributed by atoms with Gasteiger partial charge in [-0.3, -0.25) is 9.59 Å². The molecule has 2 N–H and O–H groups in total. The first-order valence-electron chi connectivity index (χ1n) is 10.1. The van der Waals surface area contributed by atoms with E-state index < -0.39 is 15.9 Å². The number of benzene rings is 2. The second-order valence-corrected chi connectivity index (χ2v) is 9.44. The summed E-state index contributed by atoms with van der Waals surface area (Å²) in [6.45, 7) is 0.823. The van der Waals surface area contributed by atoms with Crippen LogP contribution in [0.5, 0.6) is 0 Å². The highest BCUT2D eigenvalue weighted by Crippen LogP contribution is 2.17. The minimum atomic E-state index is -3.62. The topological polar surface area (TPSA) is 105 Å². The van der Waals surface area contributed by atoms with Crippen molar-refractivity contribution in [1.29, 1.82) is 0 Å². The average molecular weight is 446 g/mol. The summed E-state index contributed by atoms with van der Waals surface area (Å²) in [6, 6.07) is 15.7. The number of nitrogens with one attached hydrogen (secondary N) is 2. The number of nitrogens with zero attached hydrogens (tertiary/aromatic N) is 1. The van der Waals surface area contributed by atoms with Crippen molar-refractivity contribution in [3.8, 4) is 0 Å². The maximum atomic E-state index is 12.6. The van der Waals surface area contributed by atoms with Crippen LogP contribution < -0.4 is 10.6 Å². The lowest BCUT2D eigenvalue weighted by Gasteiger charge is -2.20. The van der Waals surface area contributed by atoms with E-state index in [1.54, 1.807) is 48.5 Å². The second-order valence-electron chi connectivity index (χ2n) is 7.46. The van der Waals surface area contributed by atoms with Gasteiger partial charge in [-0.15, -0.1) is 0 Å². The first kappa shape index (κ1) is 22.9. The standard InChI is InChI=1S/C22H27N3O5S/c1-31(28,29)25(15-17-8-3-2-4-9-17)16-21(26)24-20-12-6-5-11-19(20)22(27)23-14-18-10-7-13-30-18/h2-6,8-9,11-12,18H,7,10,13-16H2,1H3,(H,23,27)(H,24,26)/t18-/m0/s1. The van der Waals surface area contributed by atoms with Crippen LogP contribution in [0.2, 0.25) is 0 Å². The van der Waals surface area contributed by atoms with E-state index in [2.05, 4.69) is 10.6 Å². The number of para-hydroxylation sites is 1. The molecule has 8 nitrogen and oxygen atoms in total. The van der Waals surface area contributed by atoms with Crippen molar-refractivity contribution in [3.05, 3.63) is 65.7 Å². The molecule has 2 aromatic rings. The lowest BCUT2D eigenvalue weighted by molar-refractivity contribution is -0.116. The van der Waals surface area contributed by atoms with Gasteiger partial charge in [0.1, 0.15) is 0 Å². The molecular weight excluding hydrogens is 418 g/mol. The average Bonchev–Trinajstić information content (AvgIpc) is 3.26. The molecule has 1 aliphatic heterocycles. The molecule has 2 aromatic carbocycles.